The Morgan fingerprint density at radius 3 is 2.65 bits per heavy atom. The molecule has 0 fully saturated rings. The van der Waals surface area contributed by atoms with Crippen LogP contribution in [-0.4, -0.2) is 20.1 Å². The molecule has 0 aromatic heterocycles. The van der Waals surface area contributed by atoms with Crippen LogP contribution in [0.1, 0.15) is 18.1 Å². The van der Waals surface area contributed by atoms with Crippen LogP contribution in [0.15, 0.2) is 57.8 Å². The van der Waals surface area contributed by atoms with Crippen molar-refractivity contribution in [3.05, 3.63) is 59.7 Å². The molecule has 1 heterocycles. The molecule has 0 aliphatic carbocycles. The van der Waals surface area contributed by atoms with Crippen molar-refractivity contribution in [2.45, 2.75) is 24.5 Å². The maximum Gasteiger partial charge on any atom is 0.286 e. The van der Waals surface area contributed by atoms with Gasteiger partial charge in [-0.25, -0.2) is 0 Å². The zero-order chi connectivity index (χ0) is 16.4. The fraction of sp³-hybridized carbons (Fsp3) is 0.235. The van der Waals surface area contributed by atoms with E-state index in [2.05, 4.69) is 10.5 Å². The molecule has 120 valence electrons. The maximum absolute atomic E-state index is 12.4. The molecule has 2 aromatic carbocycles. The molecule has 0 atom stereocenters. The zero-order valence-electron chi connectivity index (χ0n) is 13.1. The van der Waals surface area contributed by atoms with Gasteiger partial charge in [-0.1, -0.05) is 53.7 Å². The summed E-state index contributed by atoms with van der Waals surface area (Å²) in [5.74, 6) is 0.689. The number of nitrogens with zero attached hydrogens (tertiary/aromatic N) is 2. The Balaban J connectivity index is 1.91. The van der Waals surface area contributed by atoms with Crippen LogP contribution in [0, 0.1) is 6.92 Å². The van der Waals surface area contributed by atoms with Crippen LogP contribution in [0.2, 0.25) is 0 Å². The van der Waals surface area contributed by atoms with Crippen LogP contribution in [-0.2, 0) is 15.8 Å². The van der Waals surface area contributed by atoms with Crippen molar-refractivity contribution in [2.75, 3.05) is 11.4 Å². The summed E-state index contributed by atoms with van der Waals surface area (Å²) >= 11 is 1.45. The monoisotopic (exact) mass is 346 g/mol. The van der Waals surface area contributed by atoms with E-state index >= 15 is 0 Å². The van der Waals surface area contributed by atoms with Crippen LogP contribution in [0.4, 0.5) is 5.69 Å². The van der Waals surface area contributed by atoms with Gasteiger partial charge in [-0.2, -0.15) is 8.42 Å². The molecule has 0 spiro atoms. The third kappa shape index (κ3) is 3.28. The number of anilines is 1. The minimum atomic E-state index is -3.62. The Labute approximate surface area is 141 Å². The molecule has 0 saturated carbocycles. The molecule has 0 amide bonds. The molecular weight excluding hydrogens is 328 g/mol. The van der Waals surface area contributed by atoms with E-state index in [4.69, 9.17) is 0 Å². The van der Waals surface area contributed by atoms with Crippen LogP contribution < -0.4 is 4.90 Å². The normalized spacial score (nSPS) is 15.9. The van der Waals surface area contributed by atoms with Crippen molar-refractivity contribution in [3.63, 3.8) is 0 Å². The summed E-state index contributed by atoms with van der Waals surface area (Å²) in [4.78, 5) is 2.23. The Bertz CT molecular complexity index is 860. The number of fused-ring (bicyclic) bond motifs is 1. The fourth-order valence-corrected chi connectivity index (χ4v) is 5.02. The van der Waals surface area contributed by atoms with Gasteiger partial charge in [0.05, 0.1) is 5.69 Å². The van der Waals surface area contributed by atoms with Gasteiger partial charge < -0.3 is 4.90 Å². The number of rotatable bonds is 3. The third-order valence-corrected chi connectivity index (χ3v) is 6.11. The highest BCUT2D eigenvalue weighted by Crippen LogP contribution is 2.34. The number of para-hydroxylation sites is 1. The van der Waals surface area contributed by atoms with E-state index in [1.54, 1.807) is 12.1 Å². The standard InChI is InChI=1S/C17H18N2O2S2/c1-3-19-15-9-4-5-10-16(15)23(20,21)18-17(19)22-12-14-8-6-7-13(2)11-14/h4-11H,3,12H2,1-2H3. The summed E-state index contributed by atoms with van der Waals surface area (Å²) in [5.41, 5.74) is 3.06. The van der Waals surface area contributed by atoms with E-state index < -0.39 is 10.0 Å². The molecule has 4 nitrogen and oxygen atoms in total. The Hall–Kier alpha value is -1.79. The van der Waals surface area contributed by atoms with Crippen molar-refractivity contribution in [3.8, 4) is 0 Å². The minimum absolute atomic E-state index is 0.279. The van der Waals surface area contributed by atoms with Gasteiger partial charge in [0.25, 0.3) is 10.0 Å². The Kier molecular flexibility index (Phi) is 4.46. The molecule has 0 radical (unpaired) electrons. The first-order valence-corrected chi connectivity index (χ1v) is 9.83. The Morgan fingerprint density at radius 1 is 1.13 bits per heavy atom. The molecule has 3 rings (SSSR count). The molecule has 23 heavy (non-hydrogen) atoms. The molecule has 0 bridgehead atoms. The lowest BCUT2D eigenvalue weighted by Gasteiger charge is -2.29. The maximum atomic E-state index is 12.4. The summed E-state index contributed by atoms with van der Waals surface area (Å²) < 4.78 is 28.8. The van der Waals surface area contributed by atoms with Crippen LogP contribution in [0.3, 0.4) is 0 Å². The summed E-state index contributed by atoms with van der Waals surface area (Å²) in [5, 5.41) is 0.535. The lowest BCUT2D eigenvalue weighted by molar-refractivity contribution is 0.597. The van der Waals surface area contributed by atoms with Crippen LogP contribution in [0.5, 0.6) is 0 Å². The van der Waals surface area contributed by atoms with E-state index in [0.29, 0.717) is 23.2 Å². The summed E-state index contributed by atoms with van der Waals surface area (Å²) in [6.45, 7) is 4.72. The average molecular weight is 346 g/mol. The van der Waals surface area contributed by atoms with E-state index in [0.717, 1.165) is 5.56 Å². The molecule has 2 aromatic rings. The fourth-order valence-electron chi connectivity index (χ4n) is 2.56. The predicted molar refractivity (Wildman–Crippen MR) is 96.6 cm³/mol. The second-order valence-corrected chi connectivity index (χ2v) is 7.85. The molecule has 0 unspecified atom stereocenters. The van der Waals surface area contributed by atoms with Gasteiger partial charge >= 0.3 is 0 Å². The second-order valence-electron chi connectivity index (χ2n) is 5.34. The first-order valence-electron chi connectivity index (χ1n) is 7.41. The van der Waals surface area contributed by atoms with E-state index in [1.807, 2.05) is 49.1 Å². The molecular formula is C17H18N2O2S2. The summed E-state index contributed by atoms with van der Waals surface area (Å²) in [7, 11) is -3.62. The van der Waals surface area contributed by atoms with Crippen molar-refractivity contribution >= 4 is 32.6 Å². The van der Waals surface area contributed by atoms with Gasteiger partial charge in [0, 0.05) is 12.3 Å². The summed E-state index contributed by atoms with van der Waals surface area (Å²) in [6.07, 6.45) is 0. The topological polar surface area (TPSA) is 49.7 Å². The van der Waals surface area contributed by atoms with Gasteiger partial charge in [0.1, 0.15) is 4.90 Å². The highest BCUT2D eigenvalue weighted by molar-refractivity contribution is 8.14. The van der Waals surface area contributed by atoms with E-state index in [-0.39, 0.29) is 4.90 Å². The smallest absolute Gasteiger partial charge is 0.286 e. The molecule has 1 aliphatic heterocycles. The Morgan fingerprint density at radius 2 is 1.91 bits per heavy atom. The average Bonchev–Trinajstić information content (AvgIpc) is 2.53. The van der Waals surface area contributed by atoms with Crippen LogP contribution in [0.25, 0.3) is 0 Å². The van der Waals surface area contributed by atoms with Crippen molar-refractivity contribution in [2.24, 2.45) is 4.40 Å². The number of benzene rings is 2. The minimum Gasteiger partial charge on any atom is -0.319 e. The largest absolute Gasteiger partial charge is 0.319 e. The number of sulfonamides is 1. The SMILES string of the molecule is CCN1C(SCc2cccc(C)c2)=NS(=O)(=O)c2ccccc21. The highest BCUT2D eigenvalue weighted by atomic mass is 32.2. The lowest BCUT2D eigenvalue weighted by Crippen LogP contribution is -2.33. The summed E-state index contributed by atoms with van der Waals surface area (Å²) in [6, 6.07) is 15.2. The molecule has 0 saturated heterocycles. The van der Waals surface area contributed by atoms with Gasteiger partial charge in [0.15, 0.2) is 5.17 Å². The first-order chi connectivity index (χ1) is 11.0. The predicted octanol–water partition coefficient (Wildman–Crippen LogP) is 3.81. The third-order valence-electron chi connectivity index (χ3n) is 3.63. The van der Waals surface area contributed by atoms with Crippen molar-refractivity contribution in [1.82, 2.24) is 0 Å². The van der Waals surface area contributed by atoms with Gasteiger partial charge in [-0.3, -0.25) is 0 Å². The van der Waals surface area contributed by atoms with Crippen molar-refractivity contribution < 1.29 is 8.42 Å². The van der Waals surface area contributed by atoms with Crippen LogP contribution >= 0.6 is 11.8 Å². The second kappa shape index (κ2) is 6.37. The lowest BCUT2D eigenvalue weighted by atomic mass is 10.2. The van der Waals surface area contributed by atoms with Crippen molar-refractivity contribution in [1.29, 1.82) is 0 Å². The van der Waals surface area contributed by atoms with Gasteiger partial charge in [-0.05, 0) is 31.5 Å². The number of amidine groups is 1. The number of hydrogen-bond acceptors (Lipinski definition) is 4. The quantitative estimate of drug-likeness (QED) is 0.848. The van der Waals surface area contributed by atoms with E-state index in [9.17, 15) is 8.42 Å². The highest BCUT2D eigenvalue weighted by Gasteiger charge is 2.29. The number of hydrogen-bond donors (Lipinski definition) is 0. The molecule has 1 aliphatic rings. The zero-order valence-corrected chi connectivity index (χ0v) is 14.7. The number of aryl methyl sites for hydroxylation is 1. The van der Waals surface area contributed by atoms with Gasteiger partial charge in [0.2, 0.25) is 0 Å². The molecule has 0 N–H and O–H groups in total. The molecule has 6 heteroatoms. The van der Waals surface area contributed by atoms with Gasteiger partial charge in [-0.15, -0.1) is 4.40 Å². The first kappa shape index (κ1) is 16.1. The number of thioether (sulfide) groups is 1. The van der Waals surface area contributed by atoms with E-state index in [1.165, 1.54) is 17.3 Å².